The van der Waals surface area contributed by atoms with Crippen LogP contribution in [0, 0.1) is 5.82 Å². The molecule has 1 aliphatic heterocycles. The van der Waals surface area contributed by atoms with Crippen molar-refractivity contribution in [2.45, 2.75) is 19.4 Å². The summed E-state index contributed by atoms with van der Waals surface area (Å²) < 4.78 is 24.1. The van der Waals surface area contributed by atoms with Crippen molar-refractivity contribution < 1.29 is 18.7 Å². The maximum Gasteiger partial charge on any atom is 0.273 e. The molecule has 1 amide bonds. The summed E-state index contributed by atoms with van der Waals surface area (Å²) in [6.07, 6.45) is 0.449. The number of carbonyl (C=O) groups excluding carboxylic acids is 1. The highest BCUT2D eigenvalue weighted by molar-refractivity contribution is 5.76. The normalized spacial score (nSPS) is 14.1. The third-order valence-electron chi connectivity index (χ3n) is 6.10. The van der Waals surface area contributed by atoms with Gasteiger partial charge in [0.05, 0.1) is 6.61 Å². The van der Waals surface area contributed by atoms with E-state index in [-0.39, 0.29) is 42.4 Å². The molecule has 0 radical (unpaired) electrons. The Morgan fingerprint density at radius 3 is 2.56 bits per heavy atom. The van der Waals surface area contributed by atoms with Gasteiger partial charge in [0.15, 0.2) is 5.82 Å². The number of piperazine rings is 1. The molecule has 9 nitrogen and oxygen atoms in total. The molecule has 190 valence electrons. The first-order chi connectivity index (χ1) is 17.5. The minimum Gasteiger partial charge on any atom is -0.489 e. The molecule has 2 aromatic carbocycles. The second-order valence-corrected chi connectivity index (χ2v) is 8.61. The molecular weight excluding hydrogens is 465 g/mol. The Balaban J connectivity index is 1.28. The van der Waals surface area contributed by atoms with Gasteiger partial charge >= 0.3 is 0 Å². The van der Waals surface area contributed by atoms with Crippen molar-refractivity contribution in [1.29, 1.82) is 0 Å². The zero-order chi connectivity index (χ0) is 25.3. The fourth-order valence-corrected chi connectivity index (χ4v) is 3.98. The highest BCUT2D eigenvalue weighted by Gasteiger charge is 2.21. The molecule has 0 spiro atoms. The highest BCUT2D eigenvalue weighted by atomic mass is 19.1. The molecule has 1 aliphatic rings. The predicted octanol–water partition coefficient (Wildman–Crippen LogP) is 2.27. The van der Waals surface area contributed by atoms with Crippen LogP contribution in [-0.4, -0.2) is 77.3 Å². The topological polar surface area (TPSA) is 101 Å². The SMILES string of the molecule is COCCN1CCN(C(=O)CCc2nnc(-c3ccc(OCc4cccc(F)c4)cc3)[nH]c2=O)CC1. The van der Waals surface area contributed by atoms with Crippen LogP contribution < -0.4 is 10.3 Å². The van der Waals surface area contributed by atoms with E-state index < -0.39 is 0 Å². The number of nitrogens with zero attached hydrogens (tertiary/aromatic N) is 4. The standard InChI is InChI=1S/C26H30FN5O4/c1-35-16-15-31-11-13-32(14-12-31)24(33)10-9-23-26(34)28-25(30-29-23)20-5-7-22(8-6-20)36-18-19-3-2-4-21(27)17-19/h2-8,17H,9-16,18H2,1H3,(H,28,30,34). The Morgan fingerprint density at radius 2 is 1.86 bits per heavy atom. The number of carbonyl (C=O) groups is 1. The van der Waals surface area contributed by atoms with Gasteiger partial charge in [-0.3, -0.25) is 14.5 Å². The number of halogens is 1. The first-order valence-corrected chi connectivity index (χ1v) is 11.9. The zero-order valence-corrected chi connectivity index (χ0v) is 20.3. The van der Waals surface area contributed by atoms with E-state index in [9.17, 15) is 14.0 Å². The van der Waals surface area contributed by atoms with Crippen LogP contribution in [0.2, 0.25) is 0 Å². The van der Waals surface area contributed by atoms with Crippen LogP contribution >= 0.6 is 0 Å². The Morgan fingerprint density at radius 1 is 1.08 bits per heavy atom. The molecule has 1 saturated heterocycles. The van der Waals surface area contributed by atoms with Crippen LogP contribution in [0.25, 0.3) is 11.4 Å². The van der Waals surface area contributed by atoms with Crippen molar-refractivity contribution in [3.05, 3.63) is 76.0 Å². The number of ether oxygens (including phenoxy) is 2. The molecule has 3 aromatic rings. The maximum atomic E-state index is 13.3. The molecule has 36 heavy (non-hydrogen) atoms. The lowest BCUT2D eigenvalue weighted by Crippen LogP contribution is -2.49. The van der Waals surface area contributed by atoms with Gasteiger partial charge in [0, 0.05) is 58.2 Å². The van der Waals surface area contributed by atoms with Gasteiger partial charge in [0.2, 0.25) is 5.91 Å². The lowest BCUT2D eigenvalue weighted by atomic mass is 10.2. The number of hydrogen-bond acceptors (Lipinski definition) is 7. The summed E-state index contributed by atoms with van der Waals surface area (Å²) in [5, 5.41) is 8.21. The van der Waals surface area contributed by atoms with E-state index in [2.05, 4.69) is 20.1 Å². The number of nitrogens with one attached hydrogen (secondary N) is 1. The van der Waals surface area contributed by atoms with Crippen molar-refractivity contribution in [1.82, 2.24) is 25.0 Å². The van der Waals surface area contributed by atoms with Gasteiger partial charge in [0.25, 0.3) is 5.56 Å². The monoisotopic (exact) mass is 495 g/mol. The summed E-state index contributed by atoms with van der Waals surface area (Å²) in [6, 6.07) is 13.2. The molecule has 0 bridgehead atoms. The Labute approximate surface area is 208 Å². The van der Waals surface area contributed by atoms with E-state index in [0.29, 0.717) is 36.8 Å². The summed E-state index contributed by atoms with van der Waals surface area (Å²) in [4.78, 5) is 32.0. The van der Waals surface area contributed by atoms with Gasteiger partial charge < -0.3 is 19.4 Å². The number of methoxy groups -OCH3 is 1. The van der Waals surface area contributed by atoms with Crippen molar-refractivity contribution in [3.63, 3.8) is 0 Å². The van der Waals surface area contributed by atoms with E-state index in [1.54, 1.807) is 43.5 Å². The van der Waals surface area contributed by atoms with Crippen LogP contribution in [0.3, 0.4) is 0 Å². The molecule has 4 rings (SSSR count). The highest BCUT2D eigenvalue weighted by Crippen LogP contribution is 2.19. The van der Waals surface area contributed by atoms with Crippen LogP contribution in [0.1, 0.15) is 17.7 Å². The van der Waals surface area contributed by atoms with E-state index in [1.807, 2.05) is 4.90 Å². The summed E-state index contributed by atoms with van der Waals surface area (Å²) in [5.74, 6) is 0.644. The van der Waals surface area contributed by atoms with Crippen molar-refractivity contribution in [2.75, 3.05) is 46.4 Å². The van der Waals surface area contributed by atoms with E-state index >= 15 is 0 Å². The van der Waals surface area contributed by atoms with Crippen molar-refractivity contribution in [3.8, 4) is 17.1 Å². The zero-order valence-electron chi connectivity index (χ0n) is 20.3. The molecule has 0 atom stereocenters. The average molecular weight is 496 g/mol. The minimum absolute atomic E-state index is 0.0143. The van der Waals surface area contributed by atoms with Gasteiger partial charge in [-0.15, -0.1) is 10.2 Å². The fourth-order valence-electron chi connectivity index (χ4n) is 3.98. The summed E-state index contributed by atoms with van der Waals surface area (Å²) in [6.45, 7) is 4.76. The second kappa shape index (κ2) is 12.4. The molecule has 0 saturated carbocycles. The Hall–Kier alpha value is -3.63. The molecule has 2 heterocycles. The summed E-state index contributed by atoms with van der Waals surface area (Å²) in [5.41, 5.74) is 1.28. The van der Waals surface area contributed by atoms with Crippen LogP contribution in [0.5, 0.6) is 5.75 Å². The molecule has 10 heteroatoms. The van der Waals surface area contributed by atoms with Crippen molar-refractivity contribution in [2.24, 2.45) is 0 Å². The number of aromatic amines is 1. The van der Waals surface area contributed by atoms with Crippen LogP contribution in [0.15, 0.2) is 53.3 Å². The third-order valence-corrected chi connectivity index (χ3v) is 6.10. The molecule has 0 aliphatic carbocycles. The minimum atomic E-state index is -0.358. The molecule has 1 aromatic heterocycles. The van der Waals surface area contributed by atoms with Crippen LogP contribution in [0.4, 0.5) is 4.39 Å². The molecule has 0 unspecified atom stereocenters. The van der Waals surface area contributed by atoms with Gasteiger partial charge in [-0.1, -0.05) is 12.1 Å². The fraction of sp³-hybridized carbons (Fsp3) is 0.385. The smallest absolute Gasteiger partial charge is 0.273 e. The summed E-state index contributed by atoms with van der Waals surface area (Å²) >= 11 is 0. The quantitative estimate of drug-likeness (QED) is 0.461. The molecule has 1 fully saturated rings. The molecular formula is C26H30FN5O4. The number of hydrogen-bond donors (Lipinski definition) is 1. The first kappa shape index (κ1) is 25.5. The Kier molecular flexibility index (Phi) is 8.75. The summed E-state index contributed by atoms with van der Waals surface area (Å²) in [7, 11) is 1.68. The number of H-pyrrole nitrogens is 1. The third kappa shape index (κ3) is 6.96. The average Bonchev–Trinajstić information content (AvgIpc) is 2.90. The number of aryl methyl sites for hydroxylation is 1. The second-order valence-electron chi connectivity index (χ2n) is 8.61. The number of benzene rings is 2. The number of aromatic nitrogens is 3. The van der Waals surface area contributed by atoms with Gasteiger partial charge in [-0.05, 0) is 42.0 Å². The van der Waals surface area contributed by atoms with E-state index in [0.717, 1.165) is 25.2 Å². The molecule has 1 N–H and O–H groups in total. The first-order valence-electron chi connectivity index (χ1n) is 11.9. The maximum absolute atomic E-state index is 13.3. The lowest BCUT2D eigenvalue weighted by Gasteiger charge is -2.34. The van der Waals surface area contributed by atoms with E-state index in [4.69, 9.17) is 9.47 Å². The Bertz CT molecular complexity index is 1210. The number of amides is 1. The van der Waals surface area contributed by atoms with Gasteiger partial charge in [0.1, 0.15) is 23.9 Å². The van der Waals surface area contributed by atoms with Gasteiger partial charge in [-0.2, -0.15) is 0 Å². The lowest BCUT2D eigenvalue weighted by molar-refractivity contribution is -0.133. The van der Waals surface area contributed by atoms with E-state index in [1.165, 1.54) is 12.1 Å². The predicted molar refractivity (Wildman–Crippen MR) is 132 cm³/mol. The van der Waals surface area contributed by atoms with Crippen LogP contribution in [-0.2, 0) is 22.6 Å². The van der Waals surface area contributed by atoms with Gasteiger partial charge in [-0.25, -0.2) is 4.39 Å². The number of rotatable bonds is 10. The largest absolute Gasteiger partial charge is 0.489 e. The van der Waals surface area contributed by atoms with Crippen molar-refractivity contribution >= 4 is 5.91 Å².